The average Bonchev–Trinajstić information content (AvgIpc) is 1.83. The lowest BCUT2D eigenvalue weighted by Crippen LogP contribution is -2.33. The van der Waals surface area contributed by atoms with Crippen molar-refractivity contribution < 1.29 is 0 Å². The van der Waals surface area contributed by atoms with Gasteiger partial charge in [0, 0.05) is 0 Å². The molecular weight excluding hydrogens is 100 g/mol. The zero-order valence-electron chi connectivity index (χ0n) is 5.73. The smallest absolute Gasteiger partial charge is 0.0731 e. The van der Waals surface area contributed by atoms with Crippen molar-refractivity contribution in [2.75, 3.05) is 7.05 Å². The second kappa shape index (κ2) is 4.65. The summed E-state index contributed by atoms with van der Waals surface area (Å²) in [7, 11) is 1.92. The zero-order chi connectivity index (χ0) is 6.41. The Balaban J connectivity index is 3.10. The van der Waals surface area contributed by atoms with Crippen molar-refractivity contribution in [3.63, 3.8) is 0 Å². The molecule has 0 aromatic heterocycles. The fourth-order valence-corrected chi connectivity index (χ4v) is 0.324. The van der Waals surface area contributed by atoms with Gasteiger partial charge in [-0.15, -0.1) is 0 Å². The van der Waals surface area contributed by atoms with Crippen LogP contribution in [-0.2, 0) is 0 Å². The van der Waals surface area contributed by atoms with Gasteiger partial charge in [-0.3, -0.25) is 0 Å². The van der Waals surface area contributed by atoms with Gasteiger partial charge in [-0.05, 0) is 27.1 Å². The number of allylic oxidation sites excluding steroid dienone is 1. The molecule has 0 aliphatic carbocycles. The molecule has 1 atom stereocenters. The van der Waals surface area contributed by atoms with Crippen LogP contribution >= 0.6 is 0 Å². The van der Waals surface area contributed by atoms with Crippen LogP contribution in [0.5, 0.6) is 0 Å². The van der Waals surface area contributed by atoms with Gasteiger partial charge in [0.15, 0.2) is 0 Å². The van der Waals surface area contributed by atoms with E-state index in [0.717, 1.165) is 0 Å². The van der Waals surface area contributed by atoms with Crippen LogP contribution in [0.3, 0.4) is 0 Å². The Morgan fingerprint density at radius 2 is 2.12 bits per heavy atom. The molecule has 0 aliphatic rings. The lowest BCUT2D eigenvalue weighted by Gasteiger charge is -2.08. The van der Waals surface area contributed by atoms with E-state index in [1.807, 2.05) is 26.2 Å². The molecule has 0 aliphatic heterocycles. The van der Waals surface area contributed by atoms with Crippen molar-refractivity contribution in [2.45, 2.75) is 20.0 Å². The monoisotopic (exact) mass is 114 g/mol. The molecule has 0 heterocycles. The molecule has 0 bridgehead atoms. The van der Waals surface area contributed by atoms with Gasteiger partial charge in [0.05, 0.1) is 6.17 Å². The van der Waals surface area contributed by atoms with Crippen molar-refractivity contribution in [3.05, 3.63) is 12.3 Å². The van der Waals surface area contributed by atoms with Crippen LogP contribution in [0.2, 0.25) is 0 Å². The highest BCUT2D eigenvalue weighted by atomic mass is 15.1. The fraction of sp³-hybridized carbons (Fsp3) is 0.667. The van der Waals surface area contributed by atoms with Gasteiger partial charge >= 0.3 is 0 Å². The highest BCUT2D eigenvalue weighted by Gasteiger charge is 1.86. The summed E-state index contributed by atoms with van der Waals surface area (Å²) in [6.45, 7) is 4.04. The van der Waals surface area contributed by atoms with Crippen molar-refractivity contribution in [3.8, 4) is 0 Å². The predicted molar refractivity (Wildman–Crippen MR) is 36.5 cm³/mol. The maximum absolute atomic E-state index is 3.09. The number of hydrogen-bond acceptors (Lipinski definition) is 2. The molecule has 0 amide bonds. The predicted octanol–water partition coefficient (Wildman–Crippen LogP) is 0.675. The first kappa shape index (κ1) is 7.50. The molecule has 2 nitrogen and oxygen atoms in total. The fourth-order valence-electron chi connectivity index (χ4n) is 0.324. The maximum atomic E-state index is 3.09. The molecule has 0 fully saturated rings. The molecule has 0 rings (SSSR count). The molecule has 0 saturated heterocycles. The van der Waals surface area contributed by atoms with Gasteiger partial charge in [0.2, 0.25) is 0 Å². The third-order valence-corrected chi connectivity index (χ3v) is 0.946. The highest BCUT2D eigenvalue weighted by Crippen LogP contribution is 1.70. The second-order valence-corrected chi connectivity index (χ2v) is 1.68. The average molecular weight is 114 g/mol. The van der Waals surface area contributed by atoms with Crippen LogP contribution < -0.4 is 10.6 Å². The molecule has 8 heavy (non-hydrogen) atoms. The summed E-state index contributed by atoms with van der Waals surface area (Å²) in [5.41, 5.74) is 0. The van der Waals surface area contributed by atoms with E-state index in [-0.39, 0.29) is 0 Å². The minimum absolute atomic E-state index is 0.367. The van der Waals surface area contributed by atoms with Crippen LogP contribution in [0.4, 0.5) is 0 Å². The summed E-state index contributed by atoms with van der Waals surface area (Å²) in [5.74, 6) is 0. The summed E-state index contributed by atoms with van der Waals surface area (Å²) in [4.78, 5) is 0. The third kappa shape index (κ3) is 3.68. The molecule has 0 aromatic carbocycles. The molecule has 0 aromatic rings. The van der Waals surface area contributed by atoms with E-state index in [1.54, 1.807) is 0 Å². The summed E-state index contributed by atoms with van der Waals surface area (Å²) < 4.78 is 0. The SMILES string of the molecule is C/C=C/N[C@H](C)NC. The number of nitrogens with one attached hydrogen (secondary N) is 2. The van der Waals surface area contributed by atoms with Crippen molar-refractivity contribution in [1.82, 2.24) is 10.6 Å². The van der Waals surface area contributed by atoms with Gasteiger partial charge in [-0.25, -0.2) is 0 Å². The lowest BCUT2D eigenvalue weighted by molar-refractivity contribution is 0.558. The number of hydrogen-bond donors (Lipinski definition) is 2. The Morgan fingerprint density at radius 3 is 2.50 bits per heavy atom. The quantitative estimate of drug-likeness (QED) is 0.527. The first-order valence-electron chi connectivity index (χ1n) is 2.85. The number of rotatable bonds is 3. The minimum atomic E-state index is 0.367. The zero-order valence-corrected chi connectivity index (χ0v) is 5.73. The second-order valence-electron chi connectivity index (χ2n) is 1.68. The van der Waals surface area contributed by atoms with Crippen LogP contribution in [-0.4, -0.2) is 13.2 Å². The Morgan fingerprint density at radius 1 is 1.50 bits per heavy atom. The molecule has 0 saturated carbocycles. The van der Waals surface area contributed by atoms with Crippen LogP contribution in [0.25, 0.3) is 0 Å². The third-order valence-electron chi connectivity index (χ3n) is 0.946. The van der Waals surface area contributed by atoms with Gasteiger partial charge < -0.3 is 10.6 Å². The highest BCUT2D eigenvalue weighted by molar-refractivity contribution is 4.75. The lowest BCUT2D eigenvalue weighted by atomic mass is 10.5. The Kier molecular flexibility index (Phi) is 4.36. The van der Waals surface area contributed by atoms with Gasteiger partial charge in [0.1, 0.15) is 0 Å². The summed E-state index contributed by atoms with van der Waals surface area (Å²) in [6.07, 6.45) is 4.25. The molecule has 48 valence electrons. The van der Waals surface area contributed by atoms with Crippen molar-refractivity contribution in [1.29, 1.82) is 0 Å². The van der Waals surface area contributed by atoms with Gasteiger partial charge in [-0.2, -0.15) is 0 Å². The van der Waals surface area contributed by atoms with E-state index in [2.05, 4.69) is 17.6 Å². The van der Waals surface area contributed by atoms with E-state index >= 15 is 0 Å². The van der Waals surface area contributed by atoms with Crippen LogP contribution in [0, 0.1) is 0 Å². The van der Waals surface area contributed by atoms with E-state index in [0.29, 0.717) is 6.17 Å². The van der Waals surface area contributed by atoms with Crippen LogP contribution in [0.1, 0.15) is 13.8 Å². The normalized spacial score (nSPS) is 14.4. The van der Waals surface area contributed by atoms with Gasteiger partial charge in [0.25, 0.3) is 0 Å². The molecular formula is C6H14N2. The molecule has 0 radical (unpaired) electrons. The van der Waals surface area contributed by atoms with E-state index in [9.17, 15) is 0 Å². The molecule has 0 unspecified atom stereocenters. The van der Waals surface area contributed by atoms with Gasteiger partial charge in [-0.1, -0.05) is 6.08 Å². The summed E-state index contributed by atoms with van der Waals surface area (Å²) in [5, 5.41) is 6.13. The van der Waals surface area contributed by atoms with Crippen LogP contribution in [0.15, 0.2) is 12.3 Å². The minimum Gasteiger partial charge on any atom is -0.376 e. The summed E-state index contributed by atoms with van der Waals surface area (Å²) in [6, 6.07) is 0. The Hall–Kier alpha value is -0.500. The first-order chi connectivity index (χ1) is 3.81. The first-order valence-corrected chi connectivity index (χ1v) is 2.85. The van der Waals surface area contributed by atoms with Crippen molar-refractivity contribution in [2.24, 2.45) is 0 Å². The van der Waals surface area contributed by atoms with E-state index in [1.165, 1.54) is 0 Å². The molecule has 0 spiro atoms. The van der Waals surface area contributed by atoms with E-state index < -0.39 is 0 Å². The Labute approximate surface area is 51.0 Å². The standard InChI is InChI=1S/C6H14N2/c1-4-5-8-6(2)7-3/h4-8H,1-3H3/b5-4+/t6-/m1/s1. The maximum Gasteiger partial charge on any atom is 0.0731 e. The Bertz CT molecular complexity index is 68.9. The topological polar surface area (TPSA) is 24.1 Å². The molecule has 2 N–H and O–H groups in total. The molecule has 2 heteroatoms. The van der Waals surface area contributed by atoms with Crippen molar-refractivity contribution >= 4 is 0 Å². The van der Waals surface area contributed by atoms with E-state index in [4.69, 9.17) is 0 Å². The summed E-state index contributed by atoms with van der Waals surface area (Å²) >= 11 is 0. The largest absolute Gasteiger partial charge is 0.376 e.